The minimum atomic E-state index is 0. The fourth-order valence-electron chi connectivity index (χ4n) is 2.67. The molecular weight excluding hydrogens is 349 g/mol. The van der Waals surface area contributed by atoms with Gasteiger partial charge < -0.3 is 28.8 Å². The van der Waals surface area contributed by atoms with Gasteiger partial charge in [0.2, 0.25) is 0 Å². The first-order chi connectivity index (χ1) is 10.3. The molecule has 1 heterocycles. The summed E-state index contributed by atoms with van der Waals surface area (Å²) in [5.74, 6) is 0.913. The summed E-state index contributed by atoms with van der Waals surface area (Å²) >= 11 is 0. The molecule has 0 amide bonds. The molecule has 1 unspecified atom stereocenters. The van der Waals surface area contributed by atoms with E-state index in [-0.39, 0.29) is 38.8 Å². The van der Waals surface area contributed by atoms with Crippen molar-refractivity contribution in [3.8, 4) is 5.75 Å². The summed E-state index contributed by atoms with van der Waals surface area (Å²) in [7, 11) is 0. The molecule has 0 bridgehead atoms. The molecule has 3 rings (SSSR count). The first-order valence-corrected chi connectivity index (χ1v) is 7.22. The number of anilines is 2. The molecular formula is C18H20N2OY-2. The first kappa shape index (κ1) is 17.5. The van der Waals surface area contributed by atoms with Crippen LogP contribution < -0.4 is 15.0 Å². The second-order valence-corrected chi connectivity index (χ2v) is 5.15. The number of rotatable bonds is 4. The van der Waals surface area contributed by atoms with Crippen molar-refractivity contribution in [1.29, 1.82) is 0 Å². The first-order valence-electron chi connectivity index (χ1n) is 7.22. The second-order valence-electron chi connectivity index (χ2n) is 5.15. The van der Waals surface area contributed by atoms with Crippen LogP contribution in [0.2, 0.25) is 0 Å². The third kappa shape index (κ3) is 3.71. The van der Waals surface area contributed by atoms with E-state index >= 15 is 0 Å². The predicted octanol–water partition coefficient (Wildman–Crippen LogP) is 3.34. The summed E-state index contributed by atoms with van der Waals surface area (Å²) in [6.07, 6.45) is 0. The standard InChI is InChI=1S/C18H20N2O.Y/c1-3-19-14(2)12-20-16-9-5-4-8-15(16)13-21-18-11-7-6-10-17(18)20;/h4-11,14,19H,1-3,12-13H2;/q-2;. The molecule has 0 aliphatic carbocycles. The summed E-state index contributed by atoms with van der Waals surface area (Å²) < 4.78 is 5.95. The van der Waals surface area contributed by atoms with E-state index in [0.717, 1.165) is 18.0 Å². The molecule has 0 saturated carbocycles. The van der Waals surface area contributed by atoms with Crippen LogP contribution in [0.15, 0.2) is 48.5 Å². The van der Waals surface area contributed by atoms with Crippen molar-refractivity contribution >= 4 is 11.4 Å². The number of ether oxygens (including phenoxy) is 1. The third-order valence-electron chi connectivity index (χ3n) is 3.66. The Balaban J connectivity index is 0.00000176. The summed E-state index contributed by atoms with van der Waals surface area (Å²) in [6.45, 7) is 10.0. The van der Waals surface area contributed by atoms with Crippen LogP contribution in [0, 0.1) is 13.8 Å². The Morgan fingerprint density at radius 1 is 1.09 bits per heavy atom. The number of nitrogens with one attached hydrogen (secondary N) is 1. The van der Waals surface area contributed by atoms with Crippen molar-refractivity contribution in [3.63, 3.8) is 0 Å². The van der Waals surface area contributed by atoms with Crippen molar-refractivity contribution in [2.45, 2.75) is 12.6 Å². The van der Waals surface area contributed by atoms with Crippen molar-refractivity contribution in [1.82, 2.24) is 5.32 Å². The van der Waals surface area contributed by atoms with Crippen LogP contribution in [0.1, 0.15) is 5.56 Å². The van der Waals surface area contributed by atoms with Gasteiger partial charge in [-0.3, -0.25) is 0 Å². The number of benzene rings is 2. The van der Waals surface area contributed by atoms with Gasteiger partial charge in [-0.25, -0.2) is 0 Å². The number of para-hydroxylation sites is 3. The van der Waals surface area contributed by atoms with Gasteiger partial charge in [0.1, 0.15) is 12.4 Å². The summed E-state index contributed by atoms with van der Waals surface area (Å²) in [6, 6.07) is 16.6. The molecule has 1 atom stereocenters. The van der Waals surface area contributed by atoms with Crippen molar-refractivity contribution in [3.05, 3.63) is 67.9 Å². The van der Waals surface area contributed by atoms with Crippen LogP contribution >= 0.6 is 0 Å². The number of hydrogen-bond acceptors (Lipinski definition) is 3. The van der Waals surface area contributed by atoms with Gasteiger partial charge in [0, 0.05) is 50.5 Å². The SMILES string of the molecule is [CH2-]CNC([CH2-])CN1c2ccccc2COc2ccccc21.[Y]. The third-order valence-corrected chi connectivity index (χ3v) is 3.66. The molecule has 0 fully saturated rings. The van der Waals surface area contributed by atoms with Gasteiger partial charge in [0.25, 0.3) is 0 Å². The Morgan fingerprint density at radius 3 is 2.55 bits per heavy atom. The molecule has 2 aromatic rings. The maximum absolute atomic E-state index is 5.95. The quantitative estimate of drug-likeness (QED) is 0.837. The van der Waals surface area contributed by atoms with Gasteiger partial charge >= 0.3 is 0 Å². The van der Waals surface area contributed by atoms with Gasteiger partial charge in [0.15, 0.2) is 0 Å². The molecule has 1 aliphatic heterocycles. The summed E-state index contributed by atoms with van der Waals surface area (Å²) in [5, 5.41) is 3.27. The van der Waals surface area contributed by atoms with Crippen molar-refractivity contribution in [2.24, 2.45) is 0 Å². The molecule has 0 saturated heterocycles. The zero-order chi connectivity index (χ0) is 14.7. The molecule has 3 nitrogen and oxygen atoms in total. The Hall–Kier alpha value is -0.896. The van der Waals surface area contributed by atoms with Gasteiger partial charge in [-0.05, 0) is 18.2 Å². The van der Waals surface area contributed by atoms with Gasteiger partial charge in [-0.15, -0.1) is 12.6 Å². The predicted molar refractivity (Wildman–Crippen MR) is 86.7 cm³/mol. The largest absolute Gasteiger partial charge is 0.487 e. The van der Waals surface area contributed by atoms with E-state index in [1.807, 2.05) is 24.3 Å². The van der Waals surface area contributed by atoms with E-state index in [1.165, 1.54) is 11.3 Å². The topological polar surface area (TPSA) is 24.5 Å². The van der Waals surface area contributed by atoms with Crippen LogP contribution in [0.5, 0.6) is 5.75 Å². The zero-order valence-corrected chi connectivity index (χ0v) is 15.5. The molecule has 1 aliphatic rings. The molecule has 2 aromatic carbocycles. The average Bonchev–Trinajstić information content (AvgIpc) is 2.66. The van der Waals surface area contributed by atoms with Crippen molar-refractivity contribution in [2.75, 3.05) is 18.0 Å². The van der Waals surface area contributed by atoms with Gasteiger partial charge in [-0.1, -0.05) is 30.3 Å². The van der Waals surface area contributed by atoms with E-state index in [2.05, 4.69) is 48.3 Å². The maximum Gasteiger partial charge on any atom is 0.143 e. The second kappa shape index (κ2) is 8.10. The van der Waals surface area contributed by atoms with E-state index in [1.54, 1.807) is 0 Å². The van der Waals surface area contributed by atoms with E-state index in [0.29, 0.717) is 13.2 Å². The smallest absolute Gasteiger partial charge is 0.143 e. The minimum absolute atomic E-state index is 0. The van der Waals surface area contributed by atoms with Crippen LogP contribution in [0.25, 0.3) is 0 Å². The van der Waals surface area contributed by atoms with E-state index in [4.69, 9.17) is 4.74 Å². The number of fused-ring (bicyclic) bond motifs is 2. The molecule has 22 heavy (non-hydrogen) atoms. The van der Waals surface area contributed by atoms with Gasteiger partial charge in [0.05, 0.1) is 5.69 Å². The van der Waals surface area contributed by atoms with E-state index in [9.17, 15) is 0 Å². The fraction of sp³-hybridized carbons (Fsp3) is 0.222. The Morgan fingerprint density at radius 2 is 1.77 bits per heavy atom. The molecule has 4 heteroatoms. The monoisotopic (exact) mass is 369 g/mol. The van der Waals surface area contributed by atoms with Crippen LogP contribution in [-0.2, 0) is 39.3 Å². The van der Waals surface area contributed by atoms with Crippen molar-refractivity contribution < 1.29 is 37.4 Å². The molecule has 0 spiro atoms. The Kier molecular flexibility index (Phi) is 6.42. The normalized spacial score (nSPS) is 14.0. The van der Waals surface area contributed by atoms with E-state index < -0.39 is 0 Å². The summed E-state index contributed by atoms with van der Waals surface area (Å²) in [5.41, 5.74) is 3.46. The molecule has 113 valence electrons. The fourth-order valence-corrected chi connectivity index (χ4v) is 2.67. The minimum Gasteiger partial charge on any atom is -0.487 e. The Bertz CT molecular complexity index is 570. The zero-order valence-electron chi connectivity index (χ0n) is 12.7. The summed E-state index contributed by atoms with van der Waals surface area (Å²) in [4.78, 5) is 2.28. The Labute approximate surface area is 157 Å². The average molecular weight is 369 g/mol. The van der Waals surface area contributed by atoms with Crippen LogP contribution in [-0.4, -0.2) is 19.1 Å². The number of hydrogen-bond donors (Lipinski definition) is 1. The van der Waals surface area contributed by atoms with Crippen LogP contribution in [0.4, 0.5) is 11.4 Å². The molecule has 1 N–H and O–H groups in total. The maximum atomic E-state index is 5.95. The number of nitrogens with zero attached hydrogens (tertiary/aromatic N) is 1. The molecule has 1 radical (unpaired) electrons. The van der Waals surface area contributed by atoms with Gasteiger partial charge in [-0.2, -0.15) is 0 Å². The van der Waals surface area contributed by atoms with Crippen LogP contribution in [0.3, 0.4) is 0 Å². The molecule has 0 aromatic heterocycles.